The Hall–Kier alpha value is -1.32. The smallest absolute Gasteiger partial charge is 0.307 e. The molecule has 0 aliphatic rings. The maximum Gasteiger partial charge on any atom is 0.307 e. The molecule has 1 unspecified atom stereocenters. The third-order valence-corrected chi connectivity index (χ3v) is 1.99. The molecule has 0 rings (SSSR count). The summed E-state index contributed by atoms with van der Waals surface area (Å²) in [5, 5.41) is 8.75. The number of carboxylic acid groups (broad SMARTS) is 1. The van der Waals surface area contributed by atoms with E-state index in [0.717, 1.165) is 25.5 Å². The highest BCUT2D eigenvalue weighted by Gasteiger charge is 2.16. The van der Waals surface area contributed by atoms with Gasteiger partial charge in [-0.3, -0.25) is 9.59 Å². The summed E-state index contributed by atoms with van der Waals surface area (Å²) in [4.78, 5) is 20.4. The minimum absolute atomic E-state index is 0.125. The van der Waals surface area contributed by atoms with Gasteiger partial charge < -0.3 is 9.84 Å². The molecule has 0 heterocycles. The molecular formula is C13H24O4. The molecule has 0 aromatic heterocycles. The highest BCUT2D eigenvalue weighted by atomic mass is 16.5. The van der Waals surface area contributed by atoms with Crippen molar-refractivity contribution in [2.75, 3.05) is 0 Å². The monoisotopic (exact) mass is 244 g/mol. The molecule has 4 heteroatoms. The van der Waals surface area contributed by atoms with Gasteiger partial charge in [-0.15, -0.1) is 0 Å². The molecule has 0 amide bonds. The number of esters is 1. The molecule has 0 spiro atoms. The van der Waals surface area contributed by atoms with E-state index >= 15 is 0 Å². The van der Waals surface area contributed by atoms with Gasteiger partial charge in [0.25, 0.3) is 0 Å². The van der Waals surface area contributed by atoms with E-state index in [1.54, 1.807) is 0 Å². The van der Waals surface area contributed by atoms with Crippen molar-refractivity contribution < 1.29 is 19.4 Å². The lowest BCUT2D eigenvalue weighted by molar-refractivity contribution is -0.142. The Labute approximate surface area is 104 Å². The van der Waals surface area contributed by atoms with Crippen LogP contribution in [-0.4, -0.2) is 17.0 Å². The first-order valence-electron chi connectivity index (χ1n) is 5.86. The van der Waals surface area contributed by atoms with Crippen LogP contribution >= 0.6 is 0 Å². The zero-order valence-electron chi connectivity index (χ0n) is 11.2. The predicted octanol–water partition coefficient (Wildman–Crippen LogP) is 3.23. The van der Waals surface area contributed by atoms with E-state index in [1.807, 2.05) is 6.92 Å². The van der Waals surface area contributed by atoms with Gasteiger partial charge in [-0.1, -0.05) is 33.8 Å². The van der Waals surface area contributed by atoms with Gasteiger partial charge in [0, 0.05) is 6.92 Å². The number of hydrogen-bond acceptors (Lipinski definition) is 3. The Bertz CT molecular complexity index is 234. The van der Waals surface area contributed by atoms with Crippen molar-refractivity contribution in [2.45, 2.75) is 47.0 Å². The second-order valence-electron chi connectivity index (χ2n) is 4.23. The van der Waals surface area contributed by atoms with Crippen LogP contribution in [0.3, 0.4) is 0 Å². The zero-order chi connectivity index (χ0) is 13.8. The predicted molar refractivity (Wildman–Crippen MR) is 67.5 cm³/mol. The fourth-order valence-corrected chi connectivity index (χ4v) is 1.38. The summed E-state index contributed by atoms with van der Waals surface area (Å²) < 4.78 is 4.17. The summed E-state index contributed by atoms with van der Waals surface area (Å²) in [5.74, 6) is -0.604. The number of rotatable bonds is 6. The molecular weight excluding hydrogens is 220 g/mol. The van der Waals surface area contributed by atoms with Gasteiger partial charge in [0.2, 0.25) is 0 Å². The summed E-state index contributed by atoms with van der Waals surface area (Å²) in [7, 11) is 0. The number of aliphatic carboxylic acids is 1. The van der Waals surface area contributed by atoms with E-state index in [9.17, 15) is 9.59 Å². The molecule has 0 fully saturated rings. The standard InChI is InChI=1S/C9H18O2.C4H6O2/c1-4-5-8(9(10)11)6-7(2)3;1-3-6-4(2)5/h7-8H,4-6H2,1-3H3,(H,10,11);3H,1H2,2H3. The minimum atomic E-state index is -0.638. The van der Waals surface area contributed by atoms with E-state index in [0.29, 0.717) is 5.92 Å². The second-order valence-corrected chi connectivity index (χ2v) is 4.23. The van der Waals surface area contributed by atoms with Gasteiger partial charge in [0.05, 0.1) is 12.2 Å². The quantitative estimate of drug-likeness (QED) is 0.575. The number of carboxylic acids is 1. The normalized spacial score (nSPS) is 11.1. The van der Waals surface area contributed by atoms with Crippen LogP contribution in [0.5, 0.6) is 0 Å². The van der Waals surface area contributed by atoms with Crippen LogP contribution in [0.25, 0.3) is 0 Å². The largest absolute Gasteiger partial charge is 0.481 e. The molecule has 0 saturated carbocycles. The lowest BCUT2D eigenvalue weighted by Crippen LogP contribution is -2.15. The molecule has 0 radical (unpaired) electrons. The molecule has 0 aromatic carbocycles. The third-order valence-electron chi connectivity index (χ3n) is 1.99. The van der Waals surface area contributed by atoms with E-state index < -0.39 is 5.97 Å². The first-order chi connectivity index (χ1) is 7.84. The number of carbonyl (C=O) groups excluding carboxylic acids is 1. The van der Waals surface area contributed by atoms with Crippen LogP contribution in [0, 0.1) is 11.8 Å². The molecule has 0 bridgehead atoms. The van der Waals surface area contributed by atoms with Gasteiger partial charge in [-0.05, 0) is 18.8 Å². The van der Waals surface area contributed by atoms with Crippen LogP contribution in [0.1, 0.15) is 47.0 Å². The van der Waals surface area contributed by atoms with Crippen molar-refractivity contribution in [1.29, 1.82) is 0 Å². The average Bonchev–Trinajstić information content (AvgIpc) is 2.16. The lowest BCUT2D eigenvalue weighted by Gasteiger charge is -2.12. The van der Waals surface area contributed by atoms with Gasteiger partial charge in [-0.25, -0.2) is 0 Å². The Morgan fingerprint density at radius 2 is 1.94 bits per heavy atom. The number of ether oxygens (including phenoxy) is 1. The summed E-state index contributed by atoms with van der Waals surface area (Å²) in [6.45, 7) is 10.6. The van der Waals surface area contributed by atoms with Crippen LogP contribution in [0.4, 0.5) is 0 Å². The zero-order valence-corrected chi connectivity index (χ0v) is 11.2. The molecule has 0 aliphatic heterocycles. The molecule has 17 heavy (non-hydrogen) atoms. The molecule has 0 aliphatic carbocycles. The van der Waals surface area contributed by atoms with Crippen molar-refractivity contribution in [3.63, 3.8) is 0 Å². The fourth-order valence-electron chi connectivity index (χ4n) is 1.38. The van der Waals surface area contributed by atoms with Gasteiger partial charge in [0.15, 0.2) is 0 Å². The molecule has 100 valence electrons. The SMILES string of the molecule is C=COC(C)=O.CCCC(CC(C)C)C(=O)O. The van der Waals surface area contributed by atoms with Crippen molar-refractivity contribution in [3.8, 4) is 0 Å². The first-order valence-corrected chi connectivity index (χ1v) is 5.86. The fraction of sp³-hybridized carbons (Fsp3) is 0.692. The summed E-state index contributed by atoms with van der Waals surface area (Å²) in [6.07, 6.45) is 3.68. The van der Waals surface area contributed by atoms with Crippen molar-refractivity contribution in [1.82, 2.24) is 0 Å². The van der Waals surface area contributed by atoms with E-state index in [-0.39, 0.29) is 11.9 Å². The Kier molecular flexibility index (Phi) is 11.9. The van der Waals surface area contributed by atoms with Crippen molar-refractivity contribution in [2.24, 2.45) is 11.8 Å². The van der Waals surface area contributed by atoms with Crippen molar-refractivity contribution >= 4 is 11.9 Å². The van der Waals surface area contributed by atoms with Crippen LogP contribution in [0.2, 0.25) is 0 Å². The lowest BCUT2D eigenvalue weighted by atomic mass is 9.93. The third kappa shape index (κ3) is 14.7. The Balaban J connectivity index is 0. The molecule has 0 aromatic rings. The van der Waals surface area contributed by atoms with Gasteiger partial charge >= 0.3 is 11.9 Å². The second kappa shape index (κ2) is 11.2. The van der Waals surface area contributed by atoms with E-state index in [2.05, 4.69) is 25.2 Å². The average molecular weight is 244 g/mol. The molecule has 0 saturated heterocycles. The maximum atomic E-state index is 10.6. The summed E-state index contributed by atoms with van der Waals surface area (Å²) in [6, 6.07) is 0. The molecule has 4 nitrogen and oxygen atoms in total. The highest BCUT2D eigenvalue weighted by molar-refractivity contribution is 5.69. The maximum absolute atomic E-state index is 10.6. The first kappa shape index (κ1) is 18.1. The van der Waals surface area contributed by atoms with Crippen LogP contribution < -0.4 is 0 Å². The summed E-state index contributed by atoms with van der Waals surface area (Å²) in [5.41, 5.74) is 0. The molecule has 1 N–H and O–H groups in total. The van der Waals surface area contributed by atoms with Gasteiger partial charge in [0.1, 0.15) is 0 Å². The Morgan fingerprint density at radius 3 is 2.12 bits per heavy atom. The van der Waals surface area contributed by atoms with Gasteiger partial charge in [-0.2, -0.15) is 0 Å². The minimum Gasteiger partial charge on any atom is -0.481 e. The summed E-state index contributed by atoms with van der Waals surface area (Å²) >= 11 is 0. The topological polar surface area (TPSA) is 63.6 Å². The Morgan fingerprint density at radius 1 is 1.41 bits per heavy atom. The van der Waals surface area contributed by atoms with E-state index in [1.165, 1.54) is 6.92 Å². The molecule has 1 atom stereocenters. The van der Waals surface area contributed by atoms with E-state index in [4.69, 9.17) is 5.11 Å². The van der Waals surface area contributed by atoms with Crippen LogP contribution in [0.15, 0.2) is 12.8 Å². The van der Waals surface area contributed by atoms with Crippen LogP contribution in [-0.2, 0) is 14.3 Å². The highest BCUT2D eigenvalue weighted by Crippen LogP contribution is 2.16. The number of carbonyl (C=O) groups is 2. The van der Waals surface area contributed by atoms with Crippen molar-refractivity contribution in [3.05, 3.63) is 12.8 Å². The number of hydrogen-bond donors (Lipinski definition) is 1.